The second-order valence-electron chi connectivity index (χ2n) is 9.40. The molecule has 0 saturated heterocycles. The van der Waals surface area contributed by atoms with Gasteiger partial charge in [0.25, 0.3) is 5.89 Å². The van der Waals surface area contributed by atoms with Gasteiger partial charge in [-0.2, -0.15) is 10.2 Å². The van der Waals surface area contributed by atoms with Crippen LogP contribution in [0.3, 0.4) is 0 Å². The lowest BCUT2D eigenvalue weighted by Gasteiger charge is -2.29. The fraction of sp³-hybridized carbons (Fsp3) is 0.407. The minimum Gasteiger partial charge on any atom is -0.490 e. The van der Waals surface area contributed by atoms with Crippen molar-refractivity contribution in [1.82, 2.24) is 20.4 Å². The minimum absolute atomic E-state index is 0.0377. The molecule has 1 amide bonds. The molecule has 0 unspecified atom stereocenters. The Balaban J connectivity index is 1.51. The fourth-order valence-electron chi connectivity index (χ4n) is 4.35. The van der Waals surface area contributed by atoms with Gasteiger partial charge in [-0.1, -0.05) is 17.3 Å². The van der Waals surface area contributed by atoms with E-state index in [2.05, 4.69) is 39.4 Å². The van der Waals surface area contributed by atoms with Gasteiger partial charge in [0.1, 0.15) is 11.8 Å². The second-order valence-corrected chi connectivity index (χ2v) is 9.40. The van der Waals surface area contributed by atoms with Crippen LogP contribution in [0, 0.1) is 18.3 Å². The van der Waals surface area contributed by atoms with E-state index in [0.717, 1.165) is 24.1 Å². The third kappa shape index (κ3) is 5.73. The first-order chi connectivity index (χ1) is 17.2. The van der Waals surface area contributed by atoms with Crippen LogP contribution in [-0.2, 0) is 17.8 Å². The first-order valence-electron chi connectivity index (χ1n) is 12.1. The molecule has 9 nitrogen and oxygen atoms in total. The van der Waals surface area contributed by atoms with Gasteiger partial charge in [-0.3, -0.25) is 9.69 Å². The number of rotatable bonds is 8. The molecule has 1 aromatic heterocycles. The van der Waals surface area contributed by atoms with Crippen molar-refractivity contribution in [2.75, 3.05) is 19.6 Å². The number of fused-ring (bicyclic) bond motifs is 1. The largest absolute Gasteiger partial charge is 0.490 e. The molecule has 0 aliphatic carbocycles. The van der Waals surface area contributed by atoms with E-state index in [-0.39, 0.29) is 18.6 Å². The summed E-state index contributed by atoms with van der Waals surface area (Å²) >= 11 is 0. The van der Waals surface area contributed by atoms with Gasteiger partial charge in [0.2, 0.25) is 11.7 Å². The van der Waals surface area contributed by atoms with Crippen LogP contribution in [0.15, 0.2) is 34.9 Å². The van der Waals surface area contributed by atoms with E-state index in [1.54, 1.807) is 19.1 Å². The monoisotopic (exact) mass is 489 g/mol. The van der Waals surface area contributed by atoms with Gasteiger partial charge in [0.05, 0.1) is 24.3 Å². The van der Waals surface area contributed by atoms with E-state index in [0.29, 0.717) is 41.7 Å². The van der Waals surface area contributed by atoms with Crippen LogP contribution in [0.25, 0.3) is 22.8 Å². The Morgan fingerprint density at radius 2 is 2.11 bits per heavy atom. The van der Waals surface area contributed by atoms with Crippen LogP contribution in [0.1, 0.15) is 43.0 Å². The summed E-state index contributed by atoms with van der Waals surface area (Å²) in [7, 11) is 0. The molecule has 0 bridgehead atoms. The Kier molecular flexibility index (Phi) is 7.67. The average Bonchev–Trinajstić information content (AvgIpc) is 3.33. The number of benzene rings is 2. The number of nitrogens with zero attached hydrogens (tertiary/aromatic N) is 4. The maximum atomic E-state index is 12.1. The molecule has 2 aromatic carbocycles. The zero-order valence-corrected chi connectivity index (χ0v) is 21.0. The van der Waals surface area contributed by atoms with Crippen molar-refractivity contribution in [3.63, 3.8) is 0 Å². The quantitative estimate of drug-likeness (QED) is 0.494. The Bertz CT molecular complexity index is 1290. The highest BCUT2D eigenvalue weighted by molar-refractivity contribution is 5.78. The van der Waals surface area contributed by atoms with Crippen molar-refractivity contribution in [2.24, 2.45) is 0 Å². The molecule has 4 rings (SSSR count). The number of carbonyl (C=O) groups excluding carboxylic acids is 1. The van der Waals surface area contributed by atoms with Crippen molar-refractivity contribution in [3.05, 3.63) is 52.6 Å². The van der Waals surface area contributed by atoms with Crippen molar-refractivity contribution >= 4 is 5.91 Å². The van der Waals surface area contributed by atoms with Crippen molar-refractivity contribution < 1.29 is 19.2 Å². The van der Waals surface area contributed by atoms with Crippen LogP contribution in [0.2, 0.25) is 0 Å². The standard InChI is InChI=1S/C27H31N5O4/c1-16(2)35-24-8-6-19(11-21(24)12-28)27-30-26(31-36-27)23-7-5-20-14-32(10-9-22(20)18(23)4)15-25(34)29-13-17(3)33/h5-8,11,16-17,33H,9-10,13-15H2,1-4H3,(H,29,34)/t17-/m0/s1. The first kappa shape index (κ1) is 25.4. The molecular formula is C27H31N5O4. The Hall–Kier alpha value is -3.74. The van der Waals surface area contributed by atoms with Crippen LogP contribution >= 0.6 is 0 Å². The number of ether oxygens (including phenoxy) is 1. The van der Waals surface area contributed by atoms with Crippen LogP contribution < -0.4 is 10.1 Å². The molecule has 0 fully saturated rings. The predicted molar refractivity (Wildman–Crippen MR) is 134 cm³/mol. The molecule has 2 N–H and O–H groups in total. The second kappa shape index (κ2) is 10.9. The molecule has 36 heavy (non-hydrogen) atoms. The lowest BCUT2D eigenvalue weighted by atomic mass is 9.91. The van der Waals surface area contributed by atoms with E-state index in [9.17, 15) is 15.2 Å². The number of carbonyl (C=O) groups is 1. The molecule has 188 valence electrons. The van der Waals surface area contributed by atoms with Crippen LogP contribution in [0.5, 0.6) is 5.75 Å². The maximum absolute atomic E-state index is 12.1. The van der Waals surface area contributed by atoms with E-state index >= 15 is 0 Å². The molecule has 0 radical (unpaired) electrons. The molecule has 3 aromatic rings. The van der Waals surface area contributed by atoms with Gasteiger partial charge in [-0.05, 0) is 69.0 Å². The van der Waals surface area contributed by atoms with E-state index in [4.69, 9.17) is 9.26 Å². The SMILES string of the molecule is Cc1c(-c2noc(-c3ccc(OC(C)C)c(C#N)c3)n2)ccc2c1CCN(CC(=O)NC[C@H](C)O)C2. The van der Waals surface area contributed by atoms with E-state index < -0.39 is 6.10 Å². The number of hydrogen-bond acceptors (Lipinski definition) is 8. The number of aliphatic hydroxyl groups excluding tert-OH is 1. The van der Waals surface area contributed by atoms with Gasteiger partial charge in [0, 0.05) is 30.8 Å². The summed E-state index contributed by atoms with van der Waals surface area (Å²) in [6.07, 6.45) is 0.213. The highest BCUT2D eigenvalue weighted by Gasteiger charge is 2.23. The van der Waals surface area contributed by atoms with Crippen molar-refractivity contribution in [2.45, 2.75) is 52.9 Å². The van der Waals surface area contributed by atoms with E-state index in [1.165, 1.54) is 11.1 Å². The summed E-state index contributed by atoms with van der Waals surface area (Å²) in [5.41, 5.74) is 5.47. The van der Waals surface area contributed by atoms with Crippen LogP contribution in [0.4, 0.5) is 0 Å². The third-order valence-corrected chi connectivity index (χ3v) is 6.11. The summed E-state index contributed by atoms with van der Waals surface area (Å²) in [6, 6.07) is 11.5. The molecule has 1 atom stereocenters. The summed E-state index contributed by atoms with van der Waals surface area (Å²) in [4.78, 5) is 18.8. The van der Waals surface area contributed by atoms with Crippen molar-refractivity contribution in [1.29, 1.82) is 5.26 Å². The van der Waals surface area contributed by atoms with Crippen molar-refractivity contribution in [3.8, 4) is 34.7 Å². The summed E-state index contributed by atoms with van der Waals surface area (Å²) in [5.74, 6) is 1.27. The Labute approximate surface area is 210 Å². The van der Waals surface area contributed by atoms with Crippen LogP contribution in [-0.4, -0.2) is 57.9 Å². The predicted octanol–water partition coefficient (Wildman–Crippen LogP) is 3.23. The van der Waals surface area contributed by atoms with Gasteiger partial charge in [-0.25, -0.2) is 0 Å². The smallest absolute Gasteiger partial charge is 0.258 e. The van der Waals surface area contributed by atoms with Gasteiger partial charge >= 0.3 is 0 Å². The first-order valence-corrected chi connectivity index (χ1v) is 12.1. The summed E-state index contributed by atoms with van der Waals surface area (Å²) < 4.78 is 11.2. The summed E-state index contributed by atoms with van der Waals surface area (Å²) in [5, 5.41) is 25.8. The lowest BCUT2D eigenvalue weighted by molar-refractivity contribution is -0.122. The highest BCUT2D eigenvalue weighted by Crippen LogP contribution is 2.32. The highest BCUT2D eigenvalue weighted by atomic mass is 16.5. The minimum atomic E-state index is -0.561. The van der Waals surface area contributed by atoms with E-state index in [1.807, 2.05) is 26.0 Å². The lowest BCUT2D eigenvalue weighted by Crippen LogP contribution is -2.41. The molecule has 9 heteroatoms. The molecule has 2 heterocycles. The summed E-state index contributed by atoms with van der Waals surface area (Å²) in [6.45, 7) is 9.52. The Morgan fingerprint density at radius 1 is 1.31 bits per heavy atom. The topological polar surface area (TPSA) is 125 Å². The zero-order valence-electron chi connectivity index (χ0n) is 21.0. The number of aromatic nitrogens is 2. The number of amides is 1. The number of nitrogens with one attached hydrogen (secondary N) is 1. The fourth-order valence-corrected chi connectivity index (χ4v) is 4.35. The number of nitriles is 1. The molecule has 0 saturated carbocycles. The normalized spacial score (nSPS) is 14.2. The zero-order chi connectivity index (χ0) is 25.8. The maximum Gasteiger partial charge on any atom is 0.258 e. The Morgan fingerprint density at radius 3 is 2.83 bits per heavy atom. The third-order valence-electron chi connectivity index (χ3n) is 6.11. The molecular weight excluding hydrogens is 458 g/mol. The average molecular weight is 490 g/mol. The van der Waals surface area contributed by atoms with Gasteiger partial charge < -0.3 is 19.7 Å². The molecule has 1 aliphatic rings. The van der Waals surface area contributed by atoms with Gasteiger partial charge in [-0.15, -0.1) is 0 Å². The number of aliphatic hydroxyl groups is 1. The number of hydrogen-bond donors (Lipinski definition) is 2. The van der Waals surface area contributed by atoms with Gasteiger partial charge in [0.15, 0.2) is 0 Å². The molecule has 1 aliphatic heterocycles. The molecule has 0 spiro atoms.